The molecule has 3 unspecified atom stereocenters. The Morgan fingerprint density at radius 3 is 2.70 bits per heavy atom. The number of hydrogen-bond acceptors (Lipinski definition) is 2. The molecule has 1 saturated carbocycles. The van der Waals surface area contributed by atoms with Crippen molar-refractivity contribution in [1.29, 1.82) is 0 Å². The number of rotatable bonds is 3. The van der Waals surface area contributed by atoms with E-state index < -0.39 is 0 Å². The van der Waals surface area contributed by atoms with E-state index in [0.29, 0.717) is 0 Å². The van der Waals surface area contributed by atoms with Crippen molar-refractivity contribution in [2.45, 2.75) is 44.8 Å². The summed E-state index contributed by atoms with van der Waals surface area (Å²) in [5.41, 5.74) is 6.23. The maximum atomic E-state index is 6.23. The van der Waals surface area contributed by atoms with E-state index in [1.54, 1.807) is 0 Å². The average molecular weight is 269 g/mol. The second-order valence-electron chi connectivity index (χ2n) is 5.92. The maximum absolute atomic E-state index is 6.23. The first kappa shape index (κ1) is 13.4. The van der Waals surface area contributed by atoms with E-state index in [9.17, 15) is 0 Å². The average Bonchev–Trinajstić information content (AvgIpc) is 2.49. The van der Waals surface area contributed by atoms with E-state index >= 15 is 0 Å². The van der Waals surface area contributed by atoms with Crippen molar-refractivity contribution < 1.29 is 4.74 Å². The van der Waals surface area contributed by atoms with Crippen molar-refractivity contribution in [3.8, 4) is 5.75 Å². The Morgan fingerprint density at radius 2 is 1.90 bits per heavy atom. The minimum Gasteiger partial charge on any atom is -0.489 e. The molecule has 2 N–H and O–H groups in total. The number of fused-ring (bicyclic) bond motifs is 1. The van der Waals surface area contributed by atoms with E-state index in [2.05, 4.69) is 49.4 Å². The fraction of sp³-hybridized carbons (Fsp3) is 0.444. The highest BCUT2D eigenvalue weighted by molar-refractivity contribution is 5.83. The van der Waals surface area contributed by atoms with Crippen molar-refractivity contribution in [3.05, 3.63) is 42.5 Å². The van der Waals surface area contributed by atoms with E-state index in [4.69, 9.17) is 10.5 Å². The Labute approximate surface area is 120 Å². The van der Waals surface area contributed by atoms with Gasteiger partial charge in [-0.25, -0.2) is 0 Å². The normalized spacial score (nSPS) is 26.6. The van der Waals surface area contributed by atoms with Gasteiger partial charge in [-0.15, -0.1) is 0 Å². The molecule has 1 aliphatic rings. The summed E-state index contributed by atoms with van der Waals surface area (Å²) < 4.78 is 6.18. The third kappa shape index (κ3) is 2.80. The first-order valence-electron chi connectivity index (χ1n) is 7.67. The second kappa shape index (κ2) is 5.84. The lowest BCUT2D eigenvalue weighted by Gasteiger charge is -2.34. The molecule has 3 atom stereocenters. The Morgan fingerprint density at radius 1 is 1.10 bits per heavy atom. The van der Waals surface area contributed by atoms with Crippen LogP contribution in [0.15, 0.2) is 42.5 Å². The van der Waals surface area contributed by atoms with Gasteiger partial charge in [-0.3, -0.25) is 0 Å². The molecule has 2 aromatic rings. The monoisotopic (exact) mass is 269 g/mol. The van der Waals surface area contributed by atoms with Crippen LogP contribution in [0.3, 0.4) is 0 Å². The largest absolute Gasteiger partial charge is 0.489 e. The van der Waals surface area contributed by atoms with Gasteiger partial charge in [0.1, 0.15) is 11.9 Å². The number of hydrogen-bond donors (Lipinski definition) is 1. The Bertz CT molecular complexity index is 580. The van der Waals surface area contributed by atoms with Crippen LogP contribution >= 0.6 is 0 Å². The topological polar surface area (TPSA) is 35.2 Å². The zero-order valence-corrected chi connectivity index (χ0v) is 12.1. The summed E-state index contributed by atoms with van der Waals surface area (Å²) in [6.45, 7) is 2.26. The summed E-state index contributed by atoms with van der Waals surface area (Å²) in [7, 11) is 0. The van der Waals surface area contributed by atoms with Crippen LogP contribution in [-0.4, -0.2) is 12.1 Å². The molecule has 0 radical (unpaired) electrons. The molecule has 0 aliphatic heterocycles. The van der Waals surface area contributed by atoms with Crippen LogP contribution in [0, 0.1) is 5.92 Å². The van der Waals surface area contributed by atoms with E-state index in [1.165, 1.54) is 23.6 Å². The minimum atomic E-state index is 0.162. The molecule has 20 heavy (non-hydrogen) atoms. The van der Waals surface area contributed by atoms with Crippen molar-refractivity contribution >= 4 is 10.8 Å². The van der Waals surface area contributed by atoms with Gasteiger partial charge in [-0.2, -0.15) is 0 Å². The van der Waals surface area contributed by atoms with Gasteiger partial charge < -0.3 is 10.5 Å². The number of ether oxygens (including phenoxy) is 1. The van der Waals surface area contributed by atoms with Gasteiger partial charge in [0.15, 0.2) is 0 Å². The summed E-state index contributed by atoms with van der Waals surface area (Å²) in [6, 6.07) is 14.8. The van der Waals surface area contributed by atoms with Crippen molar-refractivity contribution in [2.24, 2.45) is 11.7 Å². The third-order valence-corrected chi connectivity index (χ3v) is 4.54. The molecule has 0 spiro atoms. The highest BCUT2D eigenvalue weighted by atomic mass is 16.5. The lowest BCUT2D eigenvalue weighted by molar-refractivity contribution is 0.101. The first-order chi connectivity index (χ1) is 9.76. The van der Waals surface area contributed by atoms with Crippen LogP contribution in [0.5, 0.6) is 5.75 Å². The lowest BCUT2D eigenvalue weighted by atomic mass is 9.83. The first-order valence-corrected chi connectivity index (χ1v) is 7.67. The van der Waals surface area contributed by atoms with Gasteiger partial charge in [-0.05, 0) is 48.1 Å². The van der Waals surface area contributed by atoms with E-state index in [-0.39, 0.29) is 12.1 Å². The van der Waals surface area contributed by atoms with Crippen molar-refractivity contribution in [1.82, 2.24) is 0 Å². The van der Waals surface area contributed by atoms with E-state index in [1.807, 2.05) is 0 Å². The van der Waals surface area contributed by atoms with Crippen molar-refractivity contribution in [3.63, 3.8) is 0 Å². The summed E-state index contributed by atoms with van der Waals surface area (Å²) in [5.74, 6) is 1.71. The summed E-state index contributed by atoms with van der Waals surface area (Å²) in [4.78, 5) is 0. The Kier molecular flexibility index (Phi) is 3.93. The summed E-state index contributed by atoms with van der Waals surface area (Å²) in [5, 5.41) is 2.47. The SMILES string of the molecule is CCC1CCC(N)C(Oc2ccc3ccccc3c2)C1. The smallest absolute Gasteiger partial charge is 0.120 e. The van der Waals surface area contributed by atoms with Crippen LogP contribution < -0.4 is 10.5 Å². The van der Waals surface area contributed by atoms with Crippen LogP contribution in [0.2, 0.25) is 0 Å². The zero-order chi connectivity index (χ0) is 13.9. The van der Waals surface area contributed by atoms with Gasteiger partial charge >= 0.3 is 0 Å². The molecular formula is C18H23NO. The van der Waals surface area contributed by atoms with Crippen LogP contribution in [0.25, 0.3) is 10.8 Å². The molecule has 0 amide bonds. The van der Waals surface area contributed by atoms with Crippen LogP contribution in [-0.2, 0) is 0 Å². The maximum Gasteiger partial charge on any atom is 0.120 e. The molecule has 1 aliphatic carbocycles. The number of benzene rings is 2. The molecule has 2 heteroatoms. The molecule has 2 aromatic carbocycles. The molecule has 3 rings (SSSR count). The summed E-state index contributed by atoms with van der Waals surface area (Å²) in [6.07, 6.45) is 4.80. The van der Waals surface area contributed by atoms with Gasteiger partial charge in [0.25, 0.3) is 0 Å². The molecule has 0 heterocycles. The van der Waals surface area contributed by atoms with Gasteiger partial charge in [0.05, 0.1) is 0 Å². The van der Waals surface area contributed by atoms with Crippen LogP contribution in [0.4, 0.5) is 0 Å². The molecule has 106 valence electrons. The molecule has 0 aromatic heterocycles. The Balaban J connectivity index is 1.77. The quantitative estimate of drug-likeness (QED) is 0.909. The predicted molar refractivity (Wildman–Crippen MR) is 84.0 cm³/mol. The highest BCUT2D eigenvalue weighted by Gasteiger charge is 2.28. The molecular weight excluding hydrogens is 246 g/mol. The third-order valence-electron chi connectivity index (χ3n) is 4.54. The van der Waals surface area contributed by atoms with Gasteiger partial charge in [0.2, 0.25) is 0 Å². The standard InChI is InChI=1S/C18H23NO/c1-2-13-7-10-17(19)18(11-13)20-16-9-8-14-5-3-4-6-15(14)12-16/h3-6,8-9,12-13,17-18H,2,7,10-11,19H2,1H3. The Hall–Kier alpha value is -1.54. The lowest BCUT2D eigenvalue weighted by Crippen LogP contribution is -2.43. The zero-order valence-electron chi connectivity index (χ0n) is 12.1. The molecule has 2 nitrogen and oxygen atoms in total. The minimum absolute atomic E-state index is 0.162. The fourth-order valence-electron chi connectivity index (χ4n) is 3.16. The number of nitrogens with two attached hydrogens (primary N) is 1. The highest BCUT2D eigenvalue weighted by Crippen LogP contribution is 2.30. The van der Waals surface area contributed by atoms with Crippen molar-refractivity contribution in [2.75, 3.05) is 0 Å². The second-order valence-corrected chi connectivity index (χ2v) is 5.92. The van der Waals surface area contributed by atoms with Gasteiger partial charge in [-0.1, -0.05) is 43.7 Å². The van der Waals surface area contributed by atoms with E-state index in [0.717, 1.165) is 24.5 Å². The predicted octanol–water partition coefficient (Wildman–Crippen LogP) is 4.12. The van der Waals surface area contributed by atoms with Crippen LogP contribution in [0.1, 0.15) is 32.6 Å². The fourth-order valence-corrected chi connectivity index (χ4v) is 3.16. The molecule has 0 saturated heterocycles. The molecule has 0 bridgehead atoms. The molecule has 1 fully saturated rings. The van der Waals surface area contributed by atoms with Gasteiger partial charge in [0, 0.05) is 6.04 Å². The summed E-state index contributed by atoms with van der Waals surface area (Å²) >= 11 is 0.